The number of nitrogens with zero attached hydrogens (tertiary/aromatic N) is 1. The van der Waals surface area contributed by atoms with E-state index in [2.05, 4.69) is 15.6 Å². The van der Waals surface area contributed by atoms with Crippen LogP contribution in [0.5, 0.6) is 11.5 Å². The molecule has 1 aliphatic heterocycles. The predicted molar refractivity (Wildman–Crippen MR) is 98.8 cm³/mol. The van der Waals surface area contributed by atoms with Gasteiger partial charge in [0.1, 0.15) is 0 Å². The number of ether oxygens (including phenoxy) is 2. The van der Waals surface area contributed by atoms with Crippen molar-refractivity contribution in [3.8, 4) is 11.5 Å². The van der Waals surface area contributed by atoms with E-state index in [9.17, 15) is 8.42 Å². The topological polar surface area (TPSA) is 115 Å². The Hall–Kier alpha value is -1.27. The van der Waals surface area contributed by atoms with Gasteiger partial charge in [0.15, 0.2) is 17.5 Å². The second-order valence-electron chi connectivity index (χ2n) is 4.68. The lowest BCUT2D eigenvalue weighted by molar-refractivity contribution is 0.174. The first kappa shape index (κ1) is 19.8. The molecule has 0 atom stereocenters. The van der Waals surface area contributed by atoms with E-state index >= 15 is 0 Å². The lowest BCUT2D eigenvalue weighted by Crippen LogP contribution is -2.40. The standard InChI is InChI=1S/C13H20N4O4S.HI/c1-2-15-13(16-5-6-22(14,18)19)17-8-10-3-4-11-12(7-10)21-9-20-11;/h3-4,7H,2,5-6,8-9H2,1H3,(H2,14,18,19)(H2,15,16,17);1H. The van der Waals surface area contributed by atoms with Gasteiger partial charge in [-0.25, -0.2) is 18.5 Å². The number of hydrogen-bond donors (Lipinski definition) is 3. The third-order valence-electron chi connectivity index (χ3n) is 2.88. The molecule has 2 rings (SSSR count). The van der Waals surface area contributed by atoms with E-state index < -0.39 is 10.0 Å². The summed E-state index contributed by atoms with van der Waals surface area (Å²) >= 11 is 0. The fraction of sp³-hybridized carbons (Fsp3) is 0.462. The maximum atomic E-state index is 10.9. The summed E-state index contributed by atoms with van der Waals surface area (Å²) in [6, 6.07) is 5.62. The zero-order chi connectivity index (χ0) is 16.0. The molecule has 0 aromatic heterocycles. The van der Waals surface area contributed by atoms with E-state index in [1.54, 1.807) is 0 Å². The molecule has 8 nitrogen and oxygen atoms in total. The third-order valence-corrected chi connectivity index (χ3v) is 3.65. The van der Waals surface area contributed by atoms with Crippen molar-refractivity contribution in [3.63, 3.8) is 0 Å². The zero-order valence-electron chi connectivity index (χ0n) is 12.7. The molecule has 0 fully saturated rings. The van der Waals surface area contributed by atoms with Gasteiger partial charge in [-0.1, -0.05) is 6.07 Å². The average Bonchev–Trinajstić information content (AvgIpc) is 2.91. The molecule has 0 unspecified atom stereocenters. The molecule has 0 saturated carbocycles. The van der Waals surface area contributed by atoms with Gasteiger partial charge in [-0.15, -0.1) is 24.0 Å². The highest BCUT2D eigenvalue weighted by atomic mass is 127. The first-order valence-electron chi connectivity index (χ1n) is 6.89. The summed E-state index contributed by atoms with van der Waals surface area (Å²) in [5.74, 6) is 1.82. The minimum Gasteiger partial charge on any atom is -0.454 e. The summed E-state index contributed by atoms with van der Waals surface area (Å²) in [6.45, 7) is 3.47. The van der Waals surface area contributed by atoms with Gasteiger partial charge >= 0.3 is 0 Å². The third kappa shape index (κ3) is 6.79. The number of rotatable bonds is 6. The van der Waals surface area contributed by atoms with Crippen LogP contribution in [0.25, 0.3) is 0 Å². The Morgan fingerprint density at radius 3 is 2.74 bits per heavy atom. The first-order chi connectivity index (χ1) is 10.5. The number of hydrogen-bond acceptors (Lipinski definition) is 5. The van der Waals surface area contributed by atoms with Crippen LogP contribution in [-0.4, -0.2) is 40.0 Å². The Morgan fingerprint density at radius 1 is 1.30 bits per heavy atom. The summed E-state index contributed by atoms with van der Waals surface area (Å²) in [6.07, 6.45) is 0. The fourth-order valence-corrected chi connectivity index (χ4v) is 2.25. The smallest absolute Gasteiger partial charge is 0.231 e. The Bertz CT molecular complexity index is 651. The van der Waals surface area contributed by atoms with E-state index in [0.717, 1.165) is 11.3 Å². The van der Waals surface area contributed by atoms with Gasteiger partial charge in [0.2, 0.25) is 16.8 Å². The van der Waals surface area contributed by atoms with Crippen molar-refractivity contribution >= 4 is 40.0 Å². The van der Waals surface area contributed by atoms with Gasteiger partial charge in [-0.2, -0.15) is 0 Å². The second-order valence-corrected chi connectivity index (χ2v) is 6.41. The van der Waals surface area contributed by atoms with E-state index in [4.69, 9.17) is 14.6 Å². The molecule has 130 valence electrons. The highest BCUT2D eigenvalue weighted by Gasteiger charge is 2.13. The molecular weight excluding hydrogens is 435 g/mol. The van der Waals surface area contributed by atoms with Gasteiger partial charge in [0, 0.05) is 13.1 Å². The van der Waals surface area contributed by atoms with Crippen LogP contribution >= 0.6 is 24.0 Å². The van der Waals surface area contributed by atoms with Gasteiger partial charge in [-0.05, 0) is 24.6 Å². The van der Waals surface area contributed by atoms with Gasteiger partial charge < -0.3 is 20.1 Å². The van der Waals surface area contributed by atoms with Gasteiger partial charge in [-0.3, -0.25) is 0 Å². The Kier molecular flexibility index (Phi) is 7.85. The second kappa shape index (κ2) is 9.13. The number of sulfonamides is 1. The quantitative estimate of drug-likeness (QED) is 0.324. The van der Waals surface area contributed by atoms with E-state index in [1.165, 1.54) is 0 Å². The van der Waals surface area contributed by atoms with Crippen LogP contribution in [0.4, 0.5) is 0 Å². The number of fused-ring (bicyclic) bond motifs is 1. The minimum atomic E-state index is -3.48. The molecule has 1 aliphatic rings. The molecule has 0 radical (unpaired) electrons. The van der Waals surface area contributed by atoms with Crippen molar-refractivity contribution in [2.45, 2.75) is 13.5 Å². The normalized spacial score (nSPS) is 13.4. The lowest BCUT2D eigenvalue weighted by Gasteiger charge is -2.10. The summed E-state index contributed by atoms with van der Waals surface area (Å²) in [5.41, 5.74) is 0.966. The van der Waals surface area contributed by atoms with Crippen molar-refractivity contribution < 1.29 is 17.9 Å². The molecule has 1 aromatic rings. The number of primary sulfonamides is 1. The molecule has 10 heteroatoms. The van der Waals surface area contributed by atoms with Crippen LogP contribution in [0.3, 0.4) is 0 Å². The fourth-order valence-electron chi connectivity index (χ4n) is 1.86. The Morgan fingerprint density at radius 2 is 2.04 bits per heavy atom. The monoisotopic (exact) mass is 456 g/mol. The van der Waals surface area contributed by atoms with Crippen molar-refractivity contribution in [2.75, 3.05) is 25.6 Å². The summed E-state index contributed by atoms with van der Waals surface area (Å²) < 4.78 is 32.4. The predicted octanol–water partition coefficient (Wildman–Crippen LogP) is 0.377. The van der Waals surface area contributed by atoms with Crippen LogP contribution in [0.15, 0.2) is 23.2 Å². The molecule has 1 heterocycles. The number of nitrogens with one attached hydrogen (secondary N) is 2. The minimum absolute atomic E-state index is 0. The maximum Gasteiger partial charge on any atom is 0.231 e. The molecule has 0 amide bonds. The molecule has 0 spiro atoms. The summed E-state index contributed by atoms with van der Waals surface area (Å²) in [7, 11) is -3.48. The Labute approximate surface area is 152 Å². The van der Waals surface area contributed by atoms with Gasteiger partial charge in [0.25, 0.3) is 0 Å². The number of guanidine groups is 1. The van der Waals surface area contributed by atoms with E-state index in [0.29, 0.717) is 24.8 Å². The SMILES string of the molecule is CCNC(=NCc1ccc2c(c1)OCO2)NCCS(N)(=O)=O.I. The summed E-state index contributed by atoms with van der Waals surface area (Å²) in [4.78, 5) is 4.39. The average molecular weight is 456 g/mol. The number of benzene rings is 1. The number of nitrogens with two attached hydrogens (primary N) is 1. The van der Waals surface area contributed by atoms with E-state index in [1.807, 2.05) is 25.1 Å². The van der Waals surface area contributed by atoms with Crippen molar-refractivity contribution in [3.05, 3.63) is 23.8 Å². The number of halogens is 1. The van der Waals surface area contributed by atoms with Crippen LogP contribution in [-0.2, 0) is 16.6 Å². The van der Waals surface area contributed by atoms with Gasteiger partial charge in [0.05, 0.1) is 12.3 Å². The highest BCUT2D eigenvalue weighted by Crippen LogP contribution is 2.32. The molecule has 0 aliphatic carbocycles. The largest absolute Gasteiger partial charge is 0.454 e. The van der Waals surface area contributed by atoms with E-state index in [-0.39, 0.29) is 43.1 Å². The molecule has 23 heavy (non-hydrogen) atoms. The molecule has 4 N–H and O–H groups in total. The lowest BCUT2D eigenvalue weighted by atomic mass is 10.2. The maximum absolute atomic E-state index is 10.9. The first-order valence-corrected chi connectivity index (χ1v) is 8.60. The van der Waals surface area contributed by atoms with Crippen molar-refractivity contribution in [2.24, 2.45) is 10.1 Å². The molecule has 0 saturated heterocycles. The number of aliphatic imine (C=N–C) groups is 1. The van der Waals surface area contributed by atoms with Crippen LogP contribution in [0.1, 0.15) is 12.5 Å². The Balaban J connectivity index is 0.00000264. The molecular formula is C13H21IN4O4S. The van der Waals surface area contributed by atoms with Crippen molar-refractivity contribution in [1.82, 2.24) is 10.6 Å². The zero-order valence-corrected chi connectivity index (χ0v) is 15.9. The highest BCUT2D eigenvalue weighted by molar-refractivity contribution is 14.0. The molecule has 1 aromatic carbocycles. The van der Waals surface area contributed by atoms with Crippen LogP contribution < -0.4 is 25.2 Å². The summed E-state index contributed by atoms with van der Waals surface area (Å²) in [5, 5.41) is 10.9. The van der Waals surface area contributed by atoms with Crippen LogP contribution in [0.2, 0.25) is 0 Å². The van der Waals surface area contributed by atoms with Crippen molar-refractivity contribution in [1.29, 1.82) is 0 Å². The molecule has 0 bridgehead atoms. The van der Waals surface area contributed by atoms with Crippen LogP contribution in [0, 0.1) is 0 Å².